The van der Waals surface area contributed by atoms with Crippen LogP contribution < -0.4 is 5.56 Å². The lowest BCUT2D eigenvalue weighted by atomic mass is 10.0. The third-order valence-corrected chi connectivity index (χ3v) is 6.00. The number of piperazine rings is 1. The van der Waals surface area contributed by atoms with Gasteiger partial charge in [-0.05, 0) is 66.0 Å². The number of likely N-dealkylation sites (N-methyl/N-ethyl adjacent to an activating group) is 1. The minimum Gasteiger partial charge on any atom is -0.383 e. The van der Waals surface area contributed by atoms with E-state index in [1.165, 1.54) is 5.56 Å². The van der Waals surface area contributed by atoms with E-state index in [-0.39, 0.29) is 11.6 Å². The number of nitrogens with one attached hydrogen (secondary N) is 1. The van der Waals surface area contributed by atoms with Crippen LogP contribution in [-0.4, -0.2) is 81.9 Å². The first-order valence-corrected chi connectivity index (χ1v) is 10.3. The summed E-state index contributed by atoms with van der Waals surface area (Å²) in [4.78, 5) is 20.9. The second-order valence-corrected chi connectivity index (χ2v) is 8.07. The van der Waals surface area contributed by atoms with Gasteiger partial charge in [-0.1, -0.05) is 0 Å². The van der Waals surface area contributed by atoms with Gasteiger partial charge in [-0.15, -0.1) is 5.10 Å². The Balaban J connectivity index is 1.84. The molecule has 0 spiro atoms. The molecule has 3 aromatic rings. The van der Waals surface area contributed by atoms with E-state index < -0.39 is 0 Å². The summed E-state index contributed by atoms with van der Waals surface area (Å²) in [5.41, 5.74) is 3.77. The molecule has 1 N–H and O–H groups in total. The zero-order valence-electron chi connectivity index (χ0n) is 18.1. The Morgan fingerprint density at radius 1 is 1.13 bits per heavy atom. The zero-order chi connectivity index (χ0) is 21.3. The van der Waals surface area contributed by atoms with Gasteiger partial charge < -0.3 is 14.6 Å². The molecule has 0 amide bonds. The number of aromatic amines is 1. The molecule has 9 nitrogen and oxygen atoms in total. The number of ether oxygens (including phenoxy) is 1. The fourth-order valence-corrected chi connectivity index (χ4v) is 4.02. The van der Waals surface area contributed by atoms with Crippen molar-refractivity contribution in [3.63, 3.8) is 0 Å². The van der Waals surface area contributed by atoms with Crippen LogP contribution in [0.15, 0.2) is 23.0 Å². The zero-order valence-corrected chi connectivity index (χ0v) is 18.1. The van der Waals surface area contributed by atoms with Crippen LogP contribution in [0.3, 0.4) is 0 Å². The predicted octanol–water partition coefficient (Wildman–Crippen LogP) is 1.11. The number of aromatic nitrogens is 5. The largest absolute Gasteiger partial charge is 0.383 e. The first kappa shape index (κ1) is 20.6. The van der Waals surface area contributed by atoms with E-state index in [1.54, 1.807) is 11.8 Å². The highest BCUT2D eigenvalue weighted by Gasteiger charge is 2.32. The van der Waals surface area contributed by atoms with Gasteiger partial charge in [-0.25, -0.2) is 4.68 Å². The molecule has 1 aliphatic heterocycles. The summed E-state index contributed by atoms with van der Waals surface area (Å²) in [7, 11) is 3.77. The van der Waals surface area contributed by atoms with Crippen LogP contribution in [0, 0.1) is 13.8 Å². The van der Waals surface area contributed by atoms with Crippen molar-refractivity contribution in [3.05, 3.63) is 51.1 Å². The van der Waals surface area contributed by atoms with Crippen LogP contribution in [0.5, 0.6) is 0 Å². The molecular formula is C21H29N7O2. The minimum absolute atomic E-state index is 0.101. The van der Waals surface area contributed by atoms with Gasteiger partial charge >= 0.3 is 0 Å². The van der Waals surface area contributed by atoms with E-state index in [0.29, 0.717) is 24.5 Å². The van der Waals surface area contributed by atoms with E-state index in [4.69, 9.17) is 4.74 Å². The third-order valence-electron chi connectivity index (χ3n) is 6.00. The lowest BCUT2D eigenvalue weighted by Crippen LogP contribution is -2.47. The number of pyridine rings is 1. The molecule has 0 aliphatic carbocycles. The van der Waals surface area contributed by atoms with Gasteiger partial charge in [0.2, 0.25) is 0 Å². The quantitative estimate of drug-likeness (QED) is 0.650. The first-order valence-electron chi connectivity index (χ1n) is 10.3. The number of hydrogen-bond acceptors (Lipinski definition) is 7. The molecule has 1 atom stereocenters. The van der Waals surface area contributed by atoms with Crippen molar-refractivity contribution in [2.45, 2.75) is 26.4 Å². The molecule has 1 aromatic carbocycles. The summed E-state index contributed by atoms with van der Waals surface area (Å²) in [5.74, 6) is 0.672. The smallest absolute Gasteiger partial charge is 0.253 e. The van der Waals surface area contributed by atoms with Crippen molar-refractivity contribution in [1.29, 1.82) is 0 Å². The molecule has 4 rings (SSSR count). The molecule has 2 aromatic heterocycles. The molecule has 9 heteroatoms. The molecule has 1 unspecified atom stereocenters. The summed E-state index contributed by atoms with van der Waals surface area (Å²) >= 11 is 0. The summed E-state index contributed by atoms with van der Waals surface area (Å²) in [5, 5.41) is 13.4. The number of fused-ring (bicyclic) bond motifs is 1. The molecule has 0 saturated carbocycles. The van der Waals surface area contributed by atoms with Crippen molar-refractivity contribution in [1.82, 2.24) is 35.0 Å². The highest BCUT2D eigenvalue weighted by molar-refractivity contribution is 5.81. The normalized spacial score (nSPS) is 16.9. The van der Waals surface area contributed by atoms with Crippen LogP contribution in [0.1, 0.15) is 28.6 Å². The molecule has 1 saturated heterocycles. The Hall–Kier alpha value is -2.62. The standard InChI is InChI=1S/C21H29N7O2/c1-14-11-16-13-17(21(29)22-18(16)12-15(14)2)19(27-7-5-26(3)6-8-27)20-23-24-25-28(20)9-10-30-4/h11-13,19H,5-10H2,1-4H3,(H,22,29). The van der Waals surface area contributed by atoms with Crippen LogP contribution in [0.2, 0.25) is 0 Å². The summed E-state index contributed by atoms with van der Waals surface area (Å²) in [6.07, 6.45) is 0. The first-order chi connectivity index (χ1) is 14.5. The maximum absolute atomic E-state index is 13.2. The van der Waals surface area contributed by atoms with Crippen molar-refractivity contribution in [2.24, 2.45) is 0 Å². The number of hydrogen-bond donors (Lipinski definition) is 1. The van der Waals surface area contributed by atoms with Crippen molar-refractivity contribution in [3.8, 4) is 0 Å². The maximum Gasteiger partial charge on any atom is 0.253 e. The Labute approximate surface area is 175 Å². The topological polar surface area (TPSA) is 92.2 Å². The fraction of sp³-hybridized carbons (Fsp3) is 0.524. The second kappa shape index (κ2) is 8.63. The lowest BCUT2D eigenvalue weighted by Gasteiger charge is -2.37. The molecule has 3 heterocycles. The van der Waals surface area contributed by atoms with Gasteiger partial charge in [0.1, 0.15) is 6.04 Å². The van der Waals surface area contributed by atoms with Gasteiger partial charge in [0.15, 0.2) is 5.82 Å². The lowest BCUT2D eigenvalue weighted by molar-refractivity contribution is 0.119. The van der Waals surface area contributed by atoms with E-state index in [9.17, 15) is 4.79 Å². The Morgan fingerprint density at radius 3 is 2.60 bits per heavy atom. The number of rotatable bonds is 6. The van der Waals surface area contributed by atoms with Crippen LogP contribution in [0.4, 0.5) is 0 Å². The van der Waals surface area contributed by atoms with Gasteiger partial charge in [0.25, 0.3) is 5.56 Å². The monoisotopic (exact) mass is 411 g/mol. The SMILES string of the molecule is COCCn1nnnc1C(c1cc2cc(C)c(C)cc2[nH]c1=O)N1CCN(C)CC1. The predicted molar refractivity (Wildman–Crippen MR) is 115 cm³/mol. The van der Waals surface area contributed by atoms with E-state index in [0.717, 1.165) is 42.6 Å². The molecular weight excluding hydrogens is 382 g/mol. The summed E-state index contributed by atoms with van der Waals surface area (Å²) < 4.78 is 6.96. The maximum atomic E-state index is 13.2. The molecule has 30 heavy (non-hydrogen) atoms. The second-order valence-electron chi connectivity index (χ2n) is 8.07. The number of H-pyrrole nitrogens is 1. The number of tetrazole rings is 1. The highest BCUT2D eigenvalue weighted by Crippen LogP contribution is 2.28. The minimum atomic E-state index is -0.319. The van der Waals surface area contributed by atoms with Gasteiger partial charge in [0, 0.05) is 44.4 Å². The molecule has 160 valence electrons. The van der Waals surface area contributed by atoms with Crippen LogP contribution >= 0.6 is 0 Å². The third kappa shape index (κ3) is 4.00. The Bertz CT molecular complexity index is 1080. The highest BCUT2D eigenvalue weighted by atomic mass is 16.5. The van der Waals surface area contributed by atoms with Gasteiger partial charge in [0.05, 0.1) is 13.2 Å². The number of nitrogens with zero attached hydrogens (tertiary/aromatic N) is 6. The van der Waals surface area contributed by atoms with E-state index >= 15 is 0 Å². The molecule has 0 radical (unpaired) electrons. The van der Waals surface area contributed by atoms with Gasteiger partial charge in [-0.2, -0.15) is 0 Å². The van der Waals surface area contributed by atoms with E-state index in [2.05, 4.69) is 57.3 Å². The van der Waals surface area contributed by atoms with Crippen molar-refractivity contribution in [2.75, 3.05) is 46.9 Å². The number of benzene rings is 1. The summed E-state index contributed by atoms with van der Waals surface area (Å²) in [6.45, 7) is 8.71. The molecule has 1 aliphatic rings. The number of methoxy groups -OCH3 is 1. The Morgan fingerprint density at radius 2 is 1.87 bits per heavy atom. The summed E-state index contributed by atoms with van der Waals surface area (Å²) in [6, 6.07) is 5.83. The van der Waals surface area contributed by atoms with Crippen LogP contribution in [-0.2, 0) is 11.3 Å². The van der Waals surface area contributed by atoms with Gasteiger partial charge in [-0.3, -0.25) is 9.69 Å². The average molecular weight is 412 g/mol. The molecule has 0 bridgehead atoms. The van der Waals surface area contributed by atoms with Crippen molar-refractivity contribution < 1.29 is 4.74 Å². The Kier molecular flexibility index (Phi) is 5.94. The van der Waals surface area contributed by atoms with E-state index in [1.807, 2.05) is 12.1 Å². The number of aryl methyl sites for hydroxylation is 2. The average Bonchev–Trinajstić information content (AvgIpc) is 3.18. The van der Waals surface area contributed by atoms with Crippen molar-refractivity contribution >= 4 is 10.9 Å². The molecule has 1 fully saturated rings. The fourth-order valence-electron chi connectivity index (χ4n) is 4.02. The van der Waals surface area contributed by atoms with Crippen LogP contribution in [0.25, 0.3) is 10.9 Å².